The molecule has 0 spiro atoms. The van der Waals surface area contributed by atoms with Gasteiger partial charge < -0.3 is 5.11 Å². The molecule has 0 aromatic rings. The van der Waals surface area contributed by atoms with E-state index in [2.05, 4.69) is 19.9 Å². The molecule has 0 aromatic heterocycles. The molecule has 0 bridgehead atoms. The van der Waals surface area contributed by atoms with Crippen molar-refractivity contribution in [2.75, 3.05) is 0 Å². The fourth-order valence-electron chi connectivity index (χ4n) is 6.40. The van der Waals surface area contributed by atoms with E-state index in [0.29, 0.717) is 17.8 Å². The van der Waals surface area contributed by atoms with Crippen LogP contribution in [0.1, 0.15) is 58.8 Å². The van der Waals surface area contributed by atoms with Gasteiger partial charge in [-0.25, -0.2) is 0 Å². The number of aliphatic hydroxyl groups is 1. The van der Waals surface area contributed by atoms with Crippen molar-refractivity contribution in [3.8, 4) is 0 Å². The molecule has 1 N–H and O–H groups in total. The van der Waals surface area contributed by atoms with Crippen LogP contribution in [-0.4, -0.2) is 17.5 Å². The second-order valence-electron chi connectivity index (χ2n) is 8.77. The van der Waals surface area contributed by atoms with Crippen LogP contribution in [0.3, 0.4) is 0 Å². The van der Waals surface area contributed by atoms with Gasteiger partial charge in [0.25, 0.3) is 0 Å². The summed E-state index contributed by atoms with van der Waals surface area (Å²) in [6.45, 7) is 4.70. The number of carbonyl (C=O) groups is 1. The van der Waals surface area contributed by atoms with E-state index in [4.69, 9.17) is 11.6 Å². The Kier molecular flexibility index (Phi) is 5.53. The first-order valence-electron chi connectivity index (χ1n) is 9.12. The van der Waals surface area contributed by atoms with Crippen LogP contribution in [0.4, 0.5) is 0 Å². The average Bonchev–Trinajstić information content (AvgIpc) is 2.79. The van der Waals surface area contributed by atoms with Gasteiger partial charge in [-0.2, -0.15) is 0 Å². The Morgan fingerprint density at radius 3 is 2.58 bits per heavy atom. The molecule has 4 rings (SSSR count). The minimum Gasteiger partial charge on any atom is -0.393 e. The van der Waals surface area contributed by atoms with Gasteiger partial charge in [0.15, 0.2) is 0 Å². The molecule has 0 aliphatic heterocycles. The quantitative estimate of drug-likeness (QED) is 0.375. The van der Waals surface area contributed by atoms with Gasteiger partial charge in [0, 0.05) is 60.1 Å². The Hall–Kier alpha value is 0.842. The molecule has 0 aromatic carbocycles. The van der Waals surface area contributed by atoms with Crippen LogP contribution < -0.4 is 0 Å². The standard InChI is InChI=1S/C20H27ClO2.Ac/c1-19-7-5-14(23)10-13(19)3-4-15-16(19)6-8-20(2)17(15)9-12(11-22)18(20)21;/h3,11,14-17,23H,4-10H2,1-2H3;/t14?,15?,16?,17?,19-,20-;/m0./s1. The normalized spacial score (nSPS) is 47.1. The van der Waals surface area contributed by atoms with Crippen LogP contribution in [-0.2, 0) is 4.79 Å². The van der Waals surface area contributed by atoms with E-state index in [1.165, 1.54) is 12.0 Å². The number of fused-ring (bicyclic) bond motifs is 5. The van der Waals surface area contributed by atoms with E-state index in [0.717, 1.165) is 55.4 Å². The van der Waals surface area contributed by atoms with Gasteiger partial charge in [0.2, 0.25) is 0 Å². The number of hydrogen-bond donors (Lipinski definition) is 1. The molecule has 2 nitrogen and oxygen atoms in total. The molecule has 6 atom stereocenters. The summed E-state index contributed by atoms with van der Waals surface area (Å²) in [6.07, 6.45) is 10.4. The Labute approximate surface area is 186 Å². The van der Waals surface area contributed by atoms with Gasteiger partial charge >= 0.3 is 0 Å². The molecule has 129 valence electrons. The number of rotatable bonds is 1. The first kappa shape index (κ1) is 19.6. The maximum atomic E-state index is 11.4. The minimum absolute atomic E-state index is 0. The van der Waals surface area contributed by atoms with E-state index < -0.39 is 0 Å². The average molecular weight is 562 g/mol. The molecule has 4 aliphatic carbocycles. The van der Waals surface area contributed by atoms with Crippen LogP contribution in [0.15, 0.2) is 22.3 Å². The van der Waals surface area contributed by atoms with E-state index in [9.17, 15) is 9.90 Å². The van der Waals surface area contributed by atoms with E-state index in [1.807, 2.05) is 0 Å². The smallest absolute Gasteiger partial charge is 0.147 e. The summed E-state index contributed by atoms with van der Waals surface area (Å²) in [5, 5.41) is 10.9. The minimum atomic E-state index is -0.149. The zero-order valence-electron chi connectivity index (χ0n) is 14.7. The summed E-state index contributed by atoms with van der Waals surface area (Å²) in [5.74, 6) is 1.82. The zero-order chi connectivity index (χ0) is 16.4. The fraction of sp³-hybridized carbons (Fsp3) is 0.750. The Morgan fingerprint density at radius 1 is 1.17 bits per heavy atom. The van der Waals surface area contributed by atoms with Gasteiger partial charge in [0.1, 0.15) is 6.29 Å². The number of aliphatic hydroxyl groups excluding tert-OH is 1. The van der Waals surface area contributed by atoms with Crippen LogP contribution in [0.2, 0.25) is 0 Å². The molecule has 24 heavy (non-hydrogen) atoms. The molecule has 0 amide bonds. The van der Waals surface area contributed by atoms with E-state index in [1.54, 1.807) is 0 Å². The van der Waals surface area contributed by atoms with Gasteiger partial charge in [0.05, 0.1) is 6.10 Å². The predicted molar refractivity (Wildman–Crippen MR) is 92.0 cm³/mol. The second kappa shape index (κ2) is 6.78. The molecular formula is C20H27AcClO2. The molecule has 2 saturated carbocycles. The number of allylic oxidation sites excluding steroid dienone is 3. The maximum Gasteiger partial charge on any atom is 0.147 e. The van der Waals surface area contributed by atoms with Gasteiger partial charge in [-0.1, -0.05) is 37.1 Å². The van der Waals surface area contributed by atoms with Crippen molar-refractivity contribution in [3.63, 3.8) is 0 Å². The van der Waals surface area contributed by atoms with E-state index >= 15 is 0 Å². The van der Waals surface area contributed by atoms with Crippen molar-refractivity contribution in [3.05, 3.63) is 22.3 Å². The molecule has 2 fully saturated rings. The summed E-state index contributed by atoms with van der Waals surface area (Å²) in [7, 11) is 0. The Balaban J connectivity index is 0.00000169. The Morgan fingerprint density at radius 2 is 1.88 bits per heavy atom. The van der Waals surface area contributed by atoms with Crippen molar-refractivity contribution in [2.45, 2.75) is 64.9 Å². The van der Waals surface area contributed by atoms with Crippen molar-refractivity contribution in [2.24, 2.45) is 28.6 Å². The van der Waals surface area contributed by atoms with Crippen LogP contribution in [0, 0.1) is 72.6 Å². The molecule has 0 saturated heterocycles. The zero-order valence-corrected chi connectivity index (χ0v) is 20.2. The summed E-state index contributed by atoms with van der Waals surface area (Å²) < 4.78 is 0. The number of halogens is 1. The predicted octanol–water partition coefficient (Wildman–Crippen LogP) is 4.61. The van der Waals surface area contributed by atoms with Gasteiger partial charge in [-0.05, 0) is 68.1 Å². The molecule has 4 heteroatoms. The number of carbonyl (C=O) groups excluding carboxylic acids is 1. The summed E-state index contributed by atoms with van der Waals surface area (Å²) in [5.41, 5.74) is 2.60. The topological polar surface area (TPSA) is 37.3 Å². The third-order valence-corrected chi connectivity index (χ3v) is 8.51. The van der Waals surface area contributed by atoms with Crippen molar-refractivity contribution in [1.82, 2.24) is 0 Å². The third-order valence-electron chi connectivity index (χ3n) is 7.83. The molecule has 4 aliphatic rings. The SMILES string of the molecule is C[C@]12CCC(O)CC1=CCC1C2CC[C@]2(C)C(Cl)=C(C=O)CC12.[Ac]. The fourth-order valence-corrected chi connectivity index (χ4v) is 6.76. The third kappa shape index (κ3) is 2.67. The molecule has 1 radical (unpaired) electrons. The van der Waals surface area contributed by atoms with Crippen molar-refractivity contribution in [1.29, 1.82) is 0 Å². The van der Waals surface area contributed by atoms with Crippen LogP contribution >= 0.6 is 11.6 Å². The largest absolute Gasteiger partial charge is 0.393 e. The molecular weight excluding hydrogens is 535 g/mol. The van der Waals surface area contributed by atoms with Crippen LogP contribution in [0.5, 0.6) is 0 Å². The second-order valence-corrected chi connectivity index (χ2v) is 9.15. The first-order chi connectivity index (χ1) is 10.9. The van der Waals surface area contributed by atoms with Gasteiger partial charge in [-0.3, -0.25) is 4.79 Å². The van der Waals surface area contributed by atoms with Crippen molar-refractivity contribution >= 4 is 17.9 Å². The van der Waals surface area contributed by atoms with Crippen molar-refractivity contribution < 1.29 is 54.0 Å². The summed E-state index contributed by atoms with van der Waals surface area (Å²) >= 11 is 6.62. The van der Waals surface area contributed by atoms with Gasteiger partial charge in [-0.15, -0.1) is 0 Å². The number of hydrogen-bond acceptors (Lipinski definition) is 2. The van der Waals surface area contributed by atoms with E-state index in [-0.39, 0.29) is 61.0 Å². The molecule has 4 unspecified atom stereocenters. The summed E-state index contributed by atoms with van der Waals surface area (Å²) in [6, 6.07) is 0. The number of aldehydes is 1. The monoisotopic (exact) mass is 561 g/mol. The molecule has 0 heterocycles. The summed E-state index contributed by atoms with van der Waals surface area (Å²) in [4.78, 5) is 11.4. The van der Waals surface area contributed by atoms with Crippen LogP contribution in [0.25, 0.3) is 0 Å². The Bertz CT molecular complexity index is 613. The first-order valence-corrected chi connectivity index (χ1v) is 9.50. The maximum absolute atomic E-state index is 11.4.